The summed E-state index contributed by atoms with van der Waals surface area (Å²) in [6.07, 6.45) is 1.51. The third-order valence-electron chi connectivity index (χ3n) is 4.76. The predicted molar refractivity (Wildman–Crippen MR) is 96.1 cm³/mol. The lowest BCUT2D eigenvalue weighted by atomic mass is 10.2. The molecule has 1 aromatic heterocycles. The highest BCUT2D eigenvalue weighted by Crippen LogP contribution is 2.32. The van der Waals surface area contributed by atoms with Crippen LogP contribution in [0, 0.1) is 12.8 Å². The summed E-state index contributed by atoms with van der Waals surface area (Å²) in [5.41, 5.74) is 1.37. The molecule has 0 radical (unpaired) electrons. The van der Waals surface area contributed by atoms with Crippen LogP contribution in [0.5, 0.6) is 0 Å². The molecule has 1 heterocycles. The van der Waals surface area contributed by atoms with Gasteiger partial charge in [0.25, 0.3) is 5.56 Å². The first kappa shape index (κ1) is 17.3. The minimum absolute atomic E-state index is 0.254. The van der Waals surface area contributed by atoms with Crippen molar-refractivity contribution in [1.82, 2.24) is 14.3 Å². The van der Waals surface area contributed by atoms with Crippen LogP contribution in [-0.2, 0) is 7.05 Å². The fraction of sp³-hybridized carbons (Fsp3) is 0.444. The lowest BCUT2D eigenvalue weighted by Gasteiger charge is -2.20. The standard InChI is InChI=1S/C18H24N4O3/c1-12-16(19-18(25)20(2)11-15(23)13-9-10-13)17(24)22(21(12)3)14-7-5-4-6-8-14/h4-8,13,15,23H,9-11H2,1-3H3,(H,19,25). The number of carbonyl (C=O) groups is 1. The number of nitrogens with one attached hydrogen (secondary N) is 1. The van der Waals surface area contributed by atoms with Gasteiger partial charge in [0.2, 0.25) is 0 Å². The van der Waals surface area contributed by atoms with Crippen LogP contribution in [0.1, 0.15) is 18.5 Å². The Bertz CT molecular complexity index is 821. The maximum absolute atomic E-state index is 12.8. The number of amides is 2. The Kier molecular flexibility index (Phi) is 4.67. The van der Waals surface area contributed by atoms with Gasteiger partial charge >= 0.3 is 6.03 Å². The van der Waals surface area contributed by atoms with Crippen molar-refractivity contribution in [2.24, 2.45) is 13.0 Å². The minimum atomic E-state index is -0.506. The highest BCUT2D eigenvalue weighted by molar-refractivity contribution is 5.89. The van der Waals surface area contributed by atoms with Crippen LogP contribution in [0.15, 0.2) is 35.1 Å². The van der Waals surface area contributed by atoms with Gasteiger partial charge in [0, 0.05) is 20.6 Å². The molecule has 0 bridgehead atoms. The van der Waals surface area contributed by atoms with Crippen LogP contribution in [-0.4, -0.2) is 45.1 Å². The molecule has 1 unspecified atom stereocenters. The zero-order chi connectivity index (χ0) is 18.1. The molecule has 1 aromatic carbocycles. The molecule has 2 aromatic rings. The number of aliphatic hydroxyl groups is 1. The van der Waals surface area contributed by atoms with Crippen molar-refractivity contribution in [1.29, 1.82) is 0 Å². The Balaban J connectivity index is 1.81. The fourth-order valence-corrected chi connectivity index (χ4v) is 2.91. The molecule has 0 aliphatic heterocycles. The van der Waals surface area contributed by atoms with Gasteiger partial charge in [0.15, 0.2) is 0 Å². The molecule has 0 saturated heterocycles. The van der Waals surface area contributed by atoms with Crippen molar-refractivity contribution >= 4 is 11.7 Å². The molecule has 2 N–H and O–H groups in total. The number of urea groups is 1. The van der Waals surface area contributed by atoms with E-state index in [9.17, 15) is 14.7 Å². The number of likely N-dealkylation sites (N-methyl/N-ethyl adjacent to an activating group) is 1. The molecule has 1 aliphatic carbocycles. The summed E-state index contributed by atoms with van der Waals surface area (Å²) in [5.74, 6) is 0.295. The first-order valence-electron chi connectivity index (χ1n) is 8.44. The highest BCUT2D eigenvalue weighted by Gasteiger charge is 2.31. The maximum atomic E-state index is 12.8. The van der Waals surface area contributed by atoms with Crippen molar-refractivity contribution in [3.05, 3.63) is 46.4 Å². The average Bonchev–Trinajstić information content (AvgIpc) is 3.41. The van der Waals surface area contributed by atoms with Gasteiger partial charge in [0.1, 0.15) is 5.69 Å². The topological polar surface area (TPSA) is 79.5 Å². The van der Waals surface area contributed by atoms with Crippen LogP contribution < -0.4 is 10.9 Å². The molecule has 1 saturated carbocycles. The second-order valence-electron chi connectivity index (χ2n) is 6.65. The molecule has 1 atom stereocenters. The summed E-state index contributed by atoms with van der Waals surface area (Å²) >= 11 is 0. The smallest absolute Gasteiger partial charge is 0.321 e. The Morgan fingerprint density at radius 1 is 1.36 bits per heavy atom. The molecule has 25 heavy (non-hydrogen) atoms. The number of aromatic nitrogens is 2. The van der Waals surface area contributed by atoms with Crippen molar-refractivity contribution in [3.8, 4) is 5.69 Å². The maximum Gasteiger partial charge on any atom is 0.321 e. The van der Waals surface area contributed by atoms with E-state index in [1.54, 1.807) is 25.7 Å². The third kappa shape index (κ3) is 3.46. The lowest BCUT2D eigenvalue weighted by molar-refractivity contribution is 0.117. The number of carbonyl (C=O) groups excluding carboxylic acids is 1. The summed E-state index contributed by atoms with van der Waals surface area (Å²) in [6.45, 7) is 2.05. The van der Waals surface area contributed by atoms with Gasteiger partial charge in [-0.1, -0.05) is 18.2 Å². The van der Waals surface area contributed by atoms with Gasteiger partial charge in [-0.15, -0.1) is 0 Å². The van der Waals surface area contributed by atoms with Gasteiger partial charge in [-0.2, -0.15) is 0 Å². The quantitative estimate of drug-likeness (QED) is 0.867. The van der Waals surface area contributed by atoms with E-state index >= 15 is 0 Å². The van der Waals surface area contributed by atoms with Crippen LogP contribution >= 0.6 is 0 Å². The number of hydrogen-bond acceptors (Lipinski definition) is 3. The van der Waals surface area contributed by atoms with E-state index in [-0.39, 0.29) is 17.8 Å². The van der Waals surface area contributed by atoms with Crippen molar-refractivity contribution in [3.63, 3.8) is 0 Å². The van der Waals surface area contributed by atoms with Crippen molar-refractivity contribution in [2.45, 2.75) is 25.9 Å². The predicted octanol–water partition coefficient (Wildman–Crippen LogP) is 1.72. The van der Waals surface area contributed by atoms with Crippen molar-refractivity contribution in [2.75, 3.05) is 18.9 Å². The number of nitrogens with zero attached hydrogens (tertiary/aromatic N) is 3. The van der Waals surface area contributed by atoms with E-state index in [2.05, 4.69) is 5.32 Å². The molecule has 1 aliphatic rings. The van der Waals surface area contributed by atoms with E-state index in [4.69, 9.17) is 0 Å². The second kappa shape index (κ2) is 6.76. The molecule has 134 valence electrons. The third-order valence-corrected chi connectivity index (χ3v) is 4.76. The number of hydrogen-bond donors (Lipinski definition) is 2. The van der Waals surface area contributed by atoms with E-state index in [0.29, 0.717) is 11.6 Å². The van der Waals surface area contributed by atoms with E-state index in [0.717, 1.165) is 18.5 Å². The monoisotopic (exact) mass is 344 g/mol. The molecular weight excluding hydrogens is 320 g/mol. The first-order valence-corrected chi connectivity index (χ1v) is 8.44. The molecule has 7 nitrogen and oxygen atoms in total. The summed E-state index contributed by atoms with van der Waals surface area (Å²) in [6, 6.07) is 8.87. The molecule has 0 spiro atoms. The van der Waals surface area contributed by atoms with Crippen LogP contribution in [0.25, 0.3) is 5.69 Å². The van der Waals surface area contributed by atoms with Crippen LogP contribution in [0.3, 0.4) is 0 Å². The minimum Gasteiger partial charge on any atom is -0.391 e. The normalized spacial score (nSPS) is 15.0. The SMILES string of the molecule is Cc1c(NC(=O)N(C)CC(O)C2CC2)c(=O)n(-c2ccccc2)n1C. The average molecular weight is 344 g/mol. The number of aliphatic hydroxyl groups excluding tert-OH is 1. The summed E-state index contributed by atoms with van der Waals surface area (Å²) in [4.78, 5) is 26.6. The summed E-state index contributed by atoms with van der Waals surface area (Å²) < 4.78 is 3.23. The molecule has 1 fully saturated rings. The summed E-state index contributed by atoms with van der Waals surface area (Å²) in [5, 5.41) is 12.7. The number of anilines is 1. The number of para-hydroxylation sites is 1. The van der Waals surface area contributed by atoms with E-state index in [1.807, 2.05) is 30.3 Å². The molecule has 2 amide bonds. The molecule has 3 rings (SSSR count). The molecular formula is C18H24N4O3. The Morgan fingerprint density at radius 3 is 2.60 bits per heavy atom. The second-order valence-corrected chi connectivity index (χ2v) is 6.65. The Morgan fingerprint density at radius 2 is 2.00 bits per heavy atom. The zero-order valence-corrected chi connectivity index (χ0v) is 14.8. The summed E-state index contributed by atoms with van der Waals surface area (Å²) in [7, 11) is 3.40. The van der Waals surface area contributed by atoms with E-state index in [1.165, 1.54) is 9.58 Å². The van der Waals surface area contributed by atoms with Gasteiger partial charge in [-0.25, -0.2) is 9.48 Å². The Labute approximate surface area is 146 Å². The van der Waals surface area contributed by atoms with Crippen molar-refractivity contribution < 1.29 is 9.90 Å². The number of benzene rings is 1. The van der Waals surface area contributed by atoms with Gasteiger partial charge in [0.05, 0.1) is 17.5 Å². The van der Waals surface area contributed by atoms with Gasteiger partial charge in [-0.05, 0) is 37.8 Å². The lowest BCUT2D eigenvalue weighted by Crippen LogP contribution is -2.39. The first-order chi connectivity index (χ1) is 11.9. The van der Waals surface area contributed by atoms with E-state index < -0.39 is 12.1 Å². The van der Waals surface area contributed by atoms with Gasteiger partial charge in [-0.3, -0.25) is 9.48 Å². The van der Waals surface area contributed by atoms with Gasteiger partial charge < -0.3 is 15.3 Å². The number of rotatable bonds is 5. The Hall–Kier alpha value is -2.54. The highest BCUT2D eigenvalue weighted by atomic mass is 16.3. The zero-order valence-electron chi connectivity index (χ0n) is 14.8. The van der Waals surface area contributed by atoms with Crippen LogP contribution in [0.4, 0.5) is 10.5 Å². The molecule has 7 heteroatoms. The largest absolute Gasteiger partial charge is 0.391 e. The fourth-order valence-electron chi connectivity index (χ4n) is 2.91. The van der Waals surface area contributed by atoms with Crippen LogP contribution in [0.2, 0.25) is 0 Å².